The first-order valence-electron chi connectivity index (χ1n) is 10.5. The van der Waals surface area contributed by atoms with Crippen LogP contribution in [0.4, 0.5) is 17.1 Å². The monoisotopic (exact) mass is 537 g/mol. The average Bonchev–Trinajstić information content (AvgIpc) is 3.44. The lowest BCUT2D eigenvalue weighted by Gasteiger charge is -2.03. The van der Waals surface area contributed by atoms with Crippen molar-refractivity contribution in [3.63, 3.8) is 0 Å². The lowest BCUT2D eigenvalue weighted by Crippen LogP contribution is -2.13. The fraction of sp³-hybridized carbons (Fsp3) is 0.0833. The molecule has 7 nitrogen and oxygen atoms in total. The Kier molecular flexibility index (Phi) is 7.19. The molecular formula is C24H19N5O2S4. The van der Waals surface area contributed by atoms with Crippen molar-refractivity contribution in [1.82, 2.24) is 9.97 Å². The molecule has 0 saturated heterocycles. The zero-order valence-electron chi connectivity index (χ0n) is 18.2. The number of hydrogen-bond acceptors (Lipinski definition) is 9. The number of benzene rings is 3. The molecule has 2 amide bonds. The van der Waals surface area contributed by atoms with Crippen molar-refractivity contribution in [2.45, 2.75) is 8.68 Å². The maximum atomic E-state index is 12.5. The molecule has 5 aromatic rings. The SMILES string of the molecule is Nc1ccc2nc(SCC(=O)Nc3ccc4nc(SCC(=O)Nc5ccccc5)sc4c3)sc2c1. The summed E-state index contributed by atoms with van der Waals surface area (Å²) in [6, 6.07) is 20.6. The minimum Gasteiger partial charge on any atom is -0.399 e. The van der Waals surface area contributed by atoms with Crippen molar-refractivity contribution in [2.24, 2.45) is 0 Å². The Morgan fingerprint density at radius 2 is 1.31 bits per heavy atom. The van der Waals surface area contributed by atoms with E-state index in [0.717, 1.165) is 34.8 Å². The van der Waals surface area contributed by atoms with Crippen molar-refractivity contribution >= 4 is 95.5 Å². The van der Waals surface area contributed by atoms with Crippen molar-refractivity contribution in [3.8, 4) is 0 Å². The van der Waals surface area contributed by atoms with Gasteiger partial charge >= 0.3 is 0 Å². The summed E-state index contributed by atoms with van der Waals surface area (Å²) in [7, 11) is 0. The fourth-order valence-corrected chi connectivity index (χ4v) is 7.02. The van der Waals surface area contributed by atoms with Gasteiger partial charge in [0, 0.05) is 17.1 Å². The van der Waals surface area contributed by atoms with Gasteiger partial charge in [-0.3, -0.25) is 9.59 Å². The van der Waals surface area contributed by atoms with E-state index >= 15 is 0 Å². The lowest BCUT2D eigenvalue weighted by molar-refractivity contribution is -0.114. The number of hydrogen-bond donors (Lipinski definition) is 3. The van der Waals surface area contributed by atoms with Gasteiger partial charge in [0.05, 0.1) is 31.9 Å². The van der Waals surface area contributed by atoms with Crippen molar-refractivity contribution in [2.75, 3.05) is 27.9 Å². The number of nitrogens with one attached hydrogen (secondary N) is 2. The van der Waals surface area contributed by atoms with Crippen molar-refractivity contribution in [3.05, 3.63) is 66.7 Å². The number of thioether (sulfide) groups is 2. The Morgan fingerprint density at radius 3 is 1.97 bits per heavy atom. The number of rotatable bonds is 8. The van der Waals surface area contributed by atoms with Crippen LogP contribution >= 0.6 is 46.2 Å². The van der Waals surface area contributed by atoms with Gasteiger partial charge in [0.15, 0.2) is 8.68 Å². The molecule has 4 N–H and O–H groups in total. The van der Waals surface area contributed by atoms with E-state index in [9.17, 15) is 9.59 Å². The molecule has 0 unspecified atom stereocenters. The topological polar surface area (TPSA) is 110 Å². The number of para-hydroxylation sites is 1. The van der Waals surface area contributed by atoms with Gasteiger partial charge in [-0.05, 0) is 48.5 Å². The summed E-state index contributed by atoms with van der Waals surface area (Å²) < 4.78 is 3.59. The molecule has 2 aromatic heterocycles. The standard InChI is InChI=1S/C24H19N5O2S4/c25-14-6-8-17-19(10-14)34-23(28-17)33-13-22(31)27-16-7-9-18-20(11-16)35-24(29-18)32-12-21(30)26-15-4-2-1-3-5-15/h1-11H,12-13,25H2,(H,26,30)(H,27,31). The second kappa shape index (κ2) is 10.6. The van der Waals surface area contributed by atoms with E-state index in [1.807, 2.05) is 66.7 Å². The van der Waals surface area contributed by atoms with Gasteiger partial charge in [-0.25, -0.2) is 9.97 Å². The largest absolute Gasteiger partial charge is 0.399 e. The van der Waals surface area contributed by atoms with Crippen LogP contribution < -0.4 is 16.4 Å². The Hall–Kier alpha value is -3.12. The van der Waals surface area contributed by atoms with Crippen LogP contribution in [0.5, 0.6) is 0 Å². The average molecular weight is 538 g/mol. The molecule has 5 rings (SSSR count). The number of amides is 2. The number of aromatic nitrogens is 2. The summed E-state index contributed by atoms with van der Waals surface area (Å²) in [5.41, 5.74) is 9.73. The van der Waals surface area contributed by atoms with Gasteiger partial charge in [-0.15, -0.1) is 22.7 Å². The van der Waals surface area contributed by atoms with Gasteiger partial charge in [-0.1, -0.05) is 41.7 Å². The maximum absolute atomic E-state index is 12.5. The number of carbonyl (C=O) groups excluding carboxylic acids is 2. The summed E-state index contributed by atoms with van der Waals surface area (Å²) in [5, 5.41) is 5.81. The van der Waals surface area contributed by atoms with Gasteiger partial charge in [-0.2, -0.15) is 0 Å². The Labute approximate surface area is 217 Å². The molecule has 0 aliphatic rings. The van der Waals surface area contributed by atoms with Crippen molar-refractivity contribution in [1.29, 1.82) is 0 Å². The third kappa shape index (κ3) is 6.12. The minimum absolute atomic E-state index is 0.0810. The summed E-state index contributed by atoms with van der Waals surface area (Å²) >= 11 is 5.82. The fourth-order valence-electron chi connectivity index (χ4n) is 3.19. The number of fused-ring (bicyclic) bond motifs is 2. The molecule has 0 saturated carbocycles. The van der Waals surface area contributed by atoms with Crippen LogP contribution in [0.15, 0.2) is 75.4 Å². The molecule has 0 bridgehead atoms. The number of nitrogens with two attached hydrogens (primary N) is 1. The van der Waals surface area contributed by atoms with Crippen LogP contribution in [0.1, 0.15) is 0 Å². The van der Waals surface area contributed by atoms with Gasteiger partial charge in [0.2, 0.25) is 11.8 Å². The van der Waals surface area contributed by atoms with Gasteiger partial charge in [0.25, 0.3) is 0 Å². The molecule has 0 aliphatic heterocycles. The number of nitrogen functional groups attached to an aromatic ring is 1. The van der Waals surface area contributed by atoms with E-state index in [1.54, 1.807) is 0 Å². The van der Waals surface area contributed by atoms with Crippen LogP contribution in [0.2, 0.25) is 0 Å². The van der Waals surface area contributed by atoms with Crippen molar-refractivity contribution < 1.29 is 9.59 Å². The van der Waals surface area contributed by atoms with E-state index in [-0.39, 0.29) is 23.3 Å². The van der Waals surface area contributed by atoms with E-state index < -0.39 is 0 Å². The zero-order chi connectivity index (χ0) is 24.2. The first-order valence-corrected chi connectivity index (χ1v) is 14.1. The highest BCUT2D eigenvalue weighted by molar-refractivity contribution is 8.02. The Balaban J connectivity index is 1.15. The Morgan fingerprint density at radius 1 is 0.743 bits per heavy atom. The molecule has 176 valence electrons. The molecular weight excluding hydrogens is 519 g/mol. The molecule has 0 fully saturated rings. The first-order chi connectivity index (χ1) is 17.0. The summed E-state index contributed by atoms with van der Waals surface area (Å²) in [6.07, 6.45) is 0. The third-order valence-electron chi connectivity index (χ3n) is 4.76. The summed E-state index contributed by atoms with van der Waals surface area (Å²) in [4.78, 5) is 33.8. The van der Waals surface area contributed by atoms with Gasteiger partial charge in [0.1, 0.15) is 0 Å². The number of nitrogens with zero attached hydrogens (tertiary/aromatic N) is 2. The maximum Gasteiger partial charge on any atom is 0.234 e. The molecule has 0 atom stereocenters. The van der Waals surface area contributed by atoms with Gasteiger partial charge < -0.3 is 16.4 Å². The lowest BCUT2D eigenvalue weighted by atomic mass is 10.3. The highest BCUT2D eigenvalue weighted by atomic mass is 32.2. The molecule has 0 aliphatic carbocycles. The van der Waals surface area contributed by atoms with Crippen LogP contribution in [-0.4, -0.2) is 33.3 Å². The molecule has 2 heterocycles. The molecule has 0 radical (unpaired) electrons. The quantitative estimate of drug-likeness (QED) is 0.166. The van der Waals surface area contributed by atoms with Crippen LogP contribution in [-0.2, 0) is 9.59 Å². The number of carbonyl (C=O) groups is 2. The summed E-state index contributed by atoms with van der Waals surface area (Å²) in [5.74, 6) is 0.342. The molecule has 35 heavy (non-hydrogen) atoms. The minimum atomic E-state index is -0.107. The predicted molar refractivity (Wildman–Crippen MR) is 149 cm³/mol. The second-order valence-corrected chi connectivity index (χ2v) is 11.9. The zero-order valence-corrected chi connectivity index (χ0v) is 21.5. The molecule has 11 heteroatoms. The predicted octanol–water partition coefficient (Wildman–Crippen LogP) is 5.95. The van der Waals surface area contributed by atoms with Crippen LogP contribution in [0.3, 0.4) is 0 Å². The third-order valence-corrected chi connectivity index (χ3v) is 9.08. The van der Waals surface area contributed by atoms with Crippen LogP contribution in [0, 0.1) is 0 Å². The summed E-state index contributed by atoms with van der Waals surface area (Å²) in [6.45, 7) is 0. The van der Waals surface area contributed by atoms with E-state index in [4.69, 9.17) is 5.73 Å². The normalized spacial score (nSPS) is 11.1. The number of anilines is 3. The second-order valence-electron chi connectivity index (χ2n) is 7.41. The van der Waals surface area contributed by atoms with E-state index in [1.165, 1.54) is 46.2 Å². The Bertz CT molecular complexity index is 1520. The first kappa shape index (κ1) is 23.6. The van der Waals surface area contributed by atoms with E-state index in [0.29, 0.717) is 11.4 Å². The highest BCUT2D eigenvalue weighted by Crippen LogP contribution is 2.32. The van der Waals surface area contributed by atoms with E-state index in [2.05, 4.69) is 20.6 Å². The highest BCUT2D eigenvalue weighted by Gasteiger charge is 2.11. The molecule has 3 aromatic carbocycles. The van der Waals surface area contributed by atoms with Crippen LogP contribution in [0.25, 0.3) is 20.4 Å². The number of thiazole rings is 2. The smallest absolute Gasteiger partial charge is 0.234 e. The molecule has 0 spiro atoms.